The Balaban J connectivity index is 1.90. The maximum Gasteiger partial charge on any atom is 0.329 e. The minimum atomic E-state index is -0.755. The molecule has 0 unspecified atom stereocenters. The smallest absolute Gasteiger partial charge is 0.329 e. The van der Waals surface area contributed by atoms with Crippen molar-refractivity contribution in [2.24, 2.45) is 23.7 Å². The van der Waals surface area contributed by atoms with Gasteiger partial charge >= 0.3 is 5.97 Å². The van der Waals surface area contributed by atoms with Gasteiger partial charge in [0.1, 0.15) is 6.04 Å². The highest BCUT2D eigenvalue weighted by Gasteiger charge is 2.61. The maximum atomic E-state index is 12.6. The second-order valence-corrected chi connectivity index (χ2v) is 5.87. The first-order valence-corrected chi connectivity index (χ1v) is 7.23. The molecule has 0 aromatic rings. The number of ether oxygens (including phenoxy) is 1. The molecule has 1 aliphatic heterocycles. The van der Waals surface area contributed by atoms with Crippen LogP contribution in [-0.2, 0) is 19.1 Å². The Bertz CT molecular complexity index is 468. The minimum Gasteiger partial charge on any atom is -0.467 e. The first kappa shape index (κ1) is 13.3. The van der Waals surface area contributed by atoms with Crippen LogP contribution >= 0.6 is 0 Å². The molecule has 1 saturated carbocycles. The Morgan fingerprint density at radius 3 is 2.30 bits per heavy atom. The fraction of sp³-hybridized carbons (Fsp3) is 0.667. The molecule has 5 heteroatoms. The normalized spacial score (nSPS) is 35.6. The summed E-state index contributed by atoms with van der Waals surface area (Å²) < 4.78 is 4.76. The fourth-order valence-electron chi connectivity index (χ4n) is 3.99. The van der Waals surface area contributed by atoms with Crippen molar-refractivity contribution in [3.05, 3.63) is 12.2 Å². The van der Waals surface area contributed by atoms with Gasteiger partial charge in [-0.1, -0.05) is 25.5 Å². The van der Waals surface area contributed by atoms with E-state index in [1.807, 2.05) is 19.1 Å². The van der Waals surface area contributed by atoms with Crippen molar-refractivity contribution in [3.63, 3.8) is 0 Å². The lowest BCUT2D eigenvalue weighted by molar-refractivity contribution is -0.157. The number of methoxy groups -OCH3 is 1. The summed E-state index contributed by atoms with van der Waals surface area (Å²) in [6.07, 6.45) is 6.18. The molecule has 0 aromatic heterocycles. The number of imide groups is 1. The average Bonchev–Trinajstić information content (AvgIpc) is 3.11. The van der Waals surface area contributed by atoms with Gasteiger partial charge in [-0.3, -0.25) is 14.5 Å². The molecule has 2 aliphatic carbocycles. The van der Waals surface area contributed by atoms with Crippen LogP contribution in [0.15, 0.2) is 12.2 Å². The standard InChI is InChI=1S/C15H19NO4/c1-3-4-10(15(19)20-2)16-13(17)11-8-5-6-9(7-8)12(11)14(16)18/h5-6,8-12H,3-4,7H2,1-2H3/t8-,9-,10-,11-,12+/m0/s1. The zero-order chi connectivity index (χ0) is 14.4. The molecule has 0 aromatic carbocycles. The van der Waals surface area contributed by atoms with Gasteiger partial charge in [0.05, 0.1) is 18.9 Å². The van der Waals surface area contributed by atoms with Gasteiger partial charge in [-0.25, -0.2) is 4.79 Å². The molecule has 3 rings (SSSR count). The van der Waals surface area contributed by atoms with Crippen molar-refractivity contribution in [2.75, 3.05) is 7.11 Å². The maximum absolute atomic E-state index is 12.6. The van der Waals surface area contributed by atoms with E-state index in [0.717, 1.165) is 12.8 Å². The van der Waals surface area contributed by atoms with Crippen molar-refractivity contribution >= 4 is 17.8 Å². The number of amides is 2. The van der Waals surface area contributed by atoms with Crippen LogP contribution in [0.4, 0.5) is 0 Å². The molecule has 1 heterocycles. The molecule has 5 atom stereocenters. The number of fused-ring (bicyclic) bond motifs is 5. The van der Waals surface area contributed by atoms with E-state index >= 15 is 0 Å². The van der Waals surface area contributed by atoms with E-state index < -0.39 is 12.0 Å². The third-order valence-electron chi connectivity index (χ3n) is 4.85. The van der Waals surface area contributed by atoms with Crippen LogP contribution in [0.2, 0.25) is 0 Å². The molecule has 5 nitrogen and oxygen atoms in total. The zero-order valence-electron chi connectivity index (χ0n) is 11.7. The van der Waals surface area contributed by atoms with E-state index in [9.17, 15) is 14.4 Å². The number of hydrogen-bond donors (Lipinski definition) is 0. The Hall–Kier alpha value is -1.65. The van der Waals surface area contributed by atoms with Gasteiger partial charge in [-0.05, 0) is 24.7 Å². The zero-order valence-corrected chi connectivity index (χ0v) is 11.7. The number of rotatable bonds is 4. The summed E-state index contributed by atoms with van der Waals surface area (Å²) in [5, 5.41) is 0. The van der Waals surface area contributed by atoms with Gasteiger partial charge in [0.15, 0.2) is 0 Å². The summed E-state index contributed by atoms with van der Waals surface area (Å²) in [6, 6.07) is -0.755. The van der Waals surface area contributed by atoms with Gasteiger partial charge in [-0.2, -0.15) is 0 Å². The first-order valence-electron chi connectivity index (χ1n) is 7.23. The van der Waals surface area contributed by atoms with E-state index in [2.05, 4.69) is 0 Å². The number of hydrogen-bond acceptors (Lipinski definition) is 4. The highest BCUT2D eigenvalue weighted by molar-refractivity contribution is 6.08. The predicted octanol–water partition coefficient (Wildman–Crippen LogP) is 1.14. The highest BCUT2D eigenvalue weighted by Crippen LogP contribution is 2.53. The molecular weight excluding hydrogens is 258 g/mol. The molecule has 0 spiro atoms. The van der Waals surface area contributed by atoms with E-state index in [1.165, 1.54) is 12.0 Å². The first-order chi connectivity index (χ1) is 9.60. The largest absolute Gasteiger partial charge is 0.467 e. The molecule has 0 radical (unpaired) electrons. The van der Waals surface area contributed by atoms with Crippen molar-refractivity contribution in [1.29, 1.82) is 0 Å². The molecule has 3 aliphatic rings. The third-order valence-corrected chi connectivity index (χ3v) is 4.85. The summed E-state index contributed by atoms with van der Waals surface area (Å²) >= 11 is 0. The monoisotopic (exact) mass is 277 g/mol. The third kappa shape index (κ3) is 1.65. The van der Waals surface area contributed by atoms with Crippen molar-refractivity contribution < 1.29 is 19.1 Å². The van der Waals surface area contributed by atoms with E-state index in [0.29, 0.717) is 6.42 Å². The van der Waals surface area contributed by atoms with Crippen LogP contribution in [0.5, 0.6) is 0 Å². The summed E-state index contributed by atoms with van der Waals surface area (Å²) in [5.74, 6) is -1.00. The number of likely N-dealkylation sites (tertiary alicyclic amines) is 1. The Kier molecular flexibility index (Phi) is 3.15. The van der Waals surface area contributed by atoms with E-state index in [-0.39, 0.29) is 35.5 Å². The highest BCUT2D eigenvalue weighted by atomic mass is 16.5. The lowest BCUT2D eigenvalue weighted by Gasteiger charge is -2.25. The molecule has 2 bridgehead atoms. The van der Waals surface area contributed by atoms with Gasteiger partial charge in [-0.15, -0.1) is 0 Å². The summed E-state index contributed by atoms with van der Waals surface area (Å²) in [7, 11) is 1.29. The SMILES string of the molecule is CCC[C@@H](C(=O)OC)N1C(=O)[C@@H]2[C@H](C1=O)[C@H]1C=C[C@H]2C1. The van der Waals surface area contributed by atoms with Crippen LogP contribution in [0.3, 0.4) is 0 Å². The van der Waals surface area contributed by atoms with Crippen molar-refractivity contribution in [2.45, 2.75) is 32.2 Å². The number of esters is 1. The fourth-order valence-corrected chi connectivity index (χ4v) is 3.99. The minimum absolute atomic E-state index is 0.173. The van der Waals surface area contributed by atoms with Gasteiger partial charge in [0, 0.05) is 0 Å². The van der Waals surface area contributed by atoms with Crippen LogP contribution in [0.1, 0.15) is 26.2 Å². The van der Waals surface area contributed by atoms with Crippen molar-refractivity contribution in [3.8, 4) is 0 Å². The molecular formula is C15H19NO4. The van der Waals surface area contributed by atoms with E-state index in [1.54, 1.807) is 0 Å². The van der Waals surface area contributed by atoms with Crippen LogP contribution in [0, 0.1) is 23.7 Å². The number of carbonyl (C=O) groups excluding carboxylic acids is 3. The van der Waals surface area contributed by atoms with Crippen LogP contribution < -0.4 is 0 Å². The summed E-state index contributed by atoms with van der Waals surface area (Å²) in [6.45, 7) is 1.92. The molecule has 0 N–H and O–H groups in total. The lowest BCUT2D eigenvalue weighted by Crippen LogP contribution is -2.46. The number of allylic oxidation sites excluding steroid dienone is 2. The second kappa shape index (κ2) is 4.72. The topological polar surface area (TPSA) is 63.7 Å². The number of nitrogens with zero attached hydrogens (tertiary/aromatic N) is 1. The van der Waals surface area contributed by atoms with Gasteiger partial charge < -0.3 is 4.74 Å². The Morgan fingerprint density at radius 1 is 1.30 bits per heavy atom. The van der Waals surface area contributed by atoms with Gasteiger partial charge in [0.25, 0.3) is 0 Å². The number of carbonyl (C=O) groups is 3. The van der Waals surface area contributed by atoms with Gasteiger partial charge in [0.2, 0.25) is 11.8 Å². The van der Waals surface area contributed by atoms with E-state index in [4.69, 9.17) is 4.74 Å². The van der Waals surface area contributed by atoms with Crippen molar-refractivity contribution in [1.82, 2.24) is 4.90 Å². The quantitative estimate of drug-likeness (QED) is 0.439. The van der Waals surface area contributed by atoms with Crippen LogP contribution in [-0.4, -0.2) is 35.8 Å². The lowest BCUT2D eigenvalue weighted by atomic mass is 9.85. The molecule has 2 fully saturated rings. The second-order valence-electron chi connectivity index (χ2n) is 5.87. The average molecular weight is 277 g/mol. The Morgan fingerprint density at radius 2 is 1.85 bits per heavy atom. The molecule has 1 saturated heterocycles. The Labute approximate surface area is 117 Å². The summed E-state index contributed by atoms with van der Waals surface area (Å²) in [4.78, 5) is 38.3. The summed E-state index contributed by atoms with van der Waals surface area (Å²) in [5.41, 5.74) is 0. The molecule has 108 valence electrons. The molecule has 2 amide bonds. The van der Waals surface area contributed by atoms with Crippen LogP contribution in [0.25, 0.3) is 0 Å². The molecule has 20 heavy (non-hydrogen) atoms. The predicted molar refractivity (Wildman–Crippen MR) is 70.3 cm³/mol.